The molecule has 106 valence electrons. The number of anilines is 1. The zero-order chi connectivity index (χ0) is 14.0. The van der Waals surface area contributed by atoms with Gasteiger partial charge in [-0.2, -0.15) is 13.2 Å². The molecular formula is C12H17F3N4. The number of hydrogen-bond donors (Lipinski definition) is 1. The van der Waals surface area contributed by atoms with Gasteiger partial charge in [-0.3, -0.25) is 0 Å². The molecule has 1 unspecified atom stereocenters. The summed E-state index contributed by atoms with van der Waals surface area (Å²) in [4.78, 5) is 7.69. The molecule has 2 rings (SSSR count). The summed E-state index contributed by atoms with van der Waals surface area (Å²) < 4.78 is 38.0. The first kappa shape index (κ1) is 14.1. The van der Waals surface area contributed by atoms with Gasteiger partial charge in [-0.1, -0.05) is 6.07 Å². The van der Waals surface area contributed by atoms with E-state index in [1.165, 1.54) is 6.07 Å². The van der Waals surface area contributed by atoms with E-state index in [1.807, 2.05) is 11.9 Å². The fraction of sp³-hybridized carbons (Fsp3) is 0.583. The number of pyridine rings is 1. The van der Waals surface area contributed by atoms with Crippen molar-refractivity contribution in [3.05, 3.63) is 23.9 Å². The van der Waals surface area contributed by atoms with Crippen molar-refractivity contribution in [2.24, 2.45) is 5.73 Å². The van der Waals surface area contributed by atoms with Crippen LogP contribution in [0.4, 0.5) is 19.0 Å². The summed E-state index contributed by atoms with van der Waals surface area (Å²) in [7, 11) is 1.97. The van der Waals surface area contributed by atoms with E-state index in [-0.39, 0.29) is 6.04 Å². The third-order valence-corrected chi connectivity index (χ3v) is 3.28. The zero-order valence-corrected chi connectivity index (χ0v) is 10.7. The van der Waals surface area contributed by atoms with Gasteiger partial charge in [-0.25, -0.2) is 4.98 Å². The first-order valence-corrected chi connectivity index (χ1v) is 6.11. The van der Waals surface area contributed by atoms with Crippen molar-refractivity contribution in [3.63, 3.8) is 0 Å². The molecule has 0 bridgehead atoms. The normalized spacial score (nSPS) is 21.7. The second kappa shape index (κ2) is 5.34. The van der Waals surface area contributed by atoms with Crippen LogP contribution >= 0.6 is 0 Å². The lowest BCUT2D eigenvalue weighted by molar-refractivity contribution is -0.141. The Kier molecular flexibility index (Phi) is 3.96. The Labute approximate surface area is 110 Å². The van der Waals surface area contributed by atoms with Crippen molar-refractivity contribution in [2.45, 2.75) is 12.2 Å². The van der Waals surface area contributed by atoms with Crippen molar-refractivity contribution in [2.75, 3.05) is 38.1 Å². The van der Waals surface area contributed by atoms with Crippen LogP contribution in [0.25, 0.3) is 0 Å². The molecule has 0 aliphatic carbocycles. The molecule has 1 atom stereocenters. The monoisotopic (exact) mass is 274 g/mol. The van der Waals surface area contributed by atoms with Gasteiger partial charge in [0.25, 0.3) is 0 Å². The van der Waals surface area contributed by atoms with Gasteiger partial charge >= 0.3 is 6.18 Å². The molecule has 0 aromatic carbocycles. The van der Waals surface area contributed by atoms with E-state index in [0.29, 0.717) is 18.9 Å². The van der Waals surface area contributed by atoms with Crippen molar-refractivity contribution in [1.29, 1.82) is 0 Å². The Morgan fingerprint density at radius 1 is 1.37 bits per heavy atom. The Hall–Kier alpha value is -1.34. The van der Waals surface area contributed by atoms with E-state index in [4.69, 9.17) is 5.73 Å². The molecule has 7 heteroatoms. The van der Waals surface area contributed by atoms with Crippen LogP contribution in [0.1, 0.15) is 5.69 Å². The first-order valence-electron chi connectivity index (χ1n) is 6.11. The van der Waals surface area contributed by atoms with Crippen LogP contribution in [0, 0.1) is 0 Å². The third-order valence-electron chi connectivity index (χ3n) is 3.28. The van der Waals surface area contributed by atoms with E-state index in [2.05, 4.69) is 9.88 Å². The lowest BCUT2D eigenvalue weighted by atomic mass is 10.1. The largest absolute Gasteiger partial charge is 0.433 e. The standard InChI is InChI=1S/C12H17F3N4/c1-18-5-6-19(9(7-16)8-18)11-4-2-3-10(17-11)12(13,14)15/h2-4,9H,5-8,16H2,1H3. The summed E-state index contributed by atoms with van der Waals surface area (Å²) in [5.74, 6) is 0.346. The lowest BCUT2D eigenvalue weighted by Crippen LogP contribution is -2.55. The Bertz CT molecular complexity index is 435. The maximum atomic E-state index is 12.7. The number of likely N-dealkylation sites (N-methyl/N-ethyl adjacent to an activating group) is 1. The third kappa shape index (κ3) is 3.16. The number of piperazine rings is 1. The Balaban J connectivity index is 2.25. The minimum atomic E-state index is -4.42. The highest BCUT2D eigenvalue weighted by atomic mass is 19.4. The molecular weight excluding hydrogens is 257 g/mol. The number of rotatable bonds is 2. The maximum Gasteiger partial charge on any atom is 0.433 e. The summed E-state index contributed by atoms with van der Waals surface area (Å²) in [6, 6.07) is 3.96. The molecule has 1 fully saturated rings. The maximum absolute atomic E-state index is 12.7. The molecule has 0 amide bonds. The van der Waals surface area contributed by atoms with Crippen LogP contribution in [0.5, 0.6) is 0 Å². The topological polar surface area (TPSA) is 45.4 Å². The van der Waals surface area contributed by atoms with Crippen LogP contribution in [-0.4, -0.2) is 49.2 Å². The summed E-state index contributed by atoms with van der Waals surface area (Å²) in [6.07, 6.45) is -4.42. The van der Waals surface area contributed by atoms with Gasteiger partial charge in [-0.15, -0.1) is 0 Å². The van der Waals surface area contributed by atoms with Crippen molar-refractivity contribution in [3.8, 4) is 0 Å². The smallest absolute Gasteiger partial charge is 0.350 e. The van der Waals surface area contributed by atoms with Crippen molar-refractivity contribution >= 4 is 5.82 Å². The average molecular weight is 274 g/mol. The average Bonchev–Trinajstić information content (AvgIpc) is 2.37. The molecule has 1 aliphatic heterocycles. The van der Waals surface area contributed by atoms with E-state index in [1.54, 1.807) is 6.07 Å². The van der Waals surface area contributed by atoms with Crippen LogP contribution in [0.3, 0.4) is 0 Å². The van der Waals surface area contributed by atoms with Crippen LogP contribution in [0.2, 0.25) is 0 Å². The fourth-order valence-corrected chi connectivity index (χ4v) is 2.26. The molecule has 0 saturated carbocycles. The summed E-state index contributed by atoms with van der Waals surface area (Å²) in [5, 5.41) is 0. The highest BCUT2D eigenvalue weighted by Gasteiger charge is 2.33. The van der Waals surface area contributed by atoms with E-state index < -0.39 is 11.9 Å². The quantitative estimate of drug-likeness (QED) is 0.879. The van der Waals surface area contributed by atoms with Gasteiger partial charge in [0.2, 0.25) is 0 Å². The van der Waals surface area contributed by atoms with E-state index in [0.717, 1.165) is 19.2 Å². The molecule has 1 aliphatic rings. The predicted molar refractivity (Wildman–Crippen MR) is 66.9 cm³/mol. The number of nitrogens with two attached hydrogens (primary N) is 1. The van der Waals surface area contributed by atoms with Gasteiger partial charge in [0.05, 0.1) is 6.04 Å². The Morgan fingerprint density at radius 2 is 2.11 bits per heavy atom. The second-order valence-electron chi connectivity index (χ2n) is 4.72. The molecule has 4 nitrogen and oxygen atoms in total. The highest BCUT2D eigenvalue weighted by Crippen LogP contribution is 2.29. The van der Waals surface area contributed by atoms with Gasteiger partial charge in [0.15, 0.2) is 0 Å². The van der Waals surface area contributed by atoms with E-state index >= 15 is 0 Å². The predicted octanol–water partition coefficient (Wildman–Crippen LogP) is 1.18. The number of alkyl halides is 3. The number of aromatic nitrogens is 1. The number of nitrogens with zero attached hydrogens (tertiary/aromatic N) is 3. The number of hydrogen-bond acceptors (Lipinski definition) is 4. The molecule has 1 saturated heterocycles. The molecule has 19 heavy (non-hydrogen) atoms. The minimum absolute atomic E-state index is 0.00488. The van der Waals surface area contributed by atoms with Crippen LogP contribution in [0.15, 0.2) is 18.2 Å². The van der Waals surface area contributed by atoms with E-state index in [9.17, 15) is 13.2 Å². The molecule has 1 aromatic heterocycles. The SMILES string of the molecule is CN1CCN(c2cccc(C(F)(F)F)n2)C(CN)C1. The molecule has 0 spiro atoms. The van der Waals surface area contributed by atoms with Crippen molar-refractivity contribution < 1.29 is 13.2 Å². The van der Waals surface area contributed by atoms with Crippen LogP contribution < -0.4 is 10.6 Å². The summed E-state index contributed by atoms with van der Waals surface area (Å²) in [6.45, 7) is 2.54. The van der Waals surface area contributed by atoms with Crippen molar-refractivity contribution in [1.82, 2.24) is 9.88 Å². The molecule has 2 N–H and O–H groups in total. The van der Waals surface area contributed by atoms with Crippen LogP contribution in [-0.2, 0) is 6.18 Å². The molecule has 1 aromatic rings. The summed E-state index contributed by atoms with van der Waals surface area (Å²) >= 11 is 0. The molecule has 0 radical (unpaired) electrons. The van der Waals surface area contributed by atoms with Gasteiger partial charge < -0.3 is 15.5 Å². The number of halogens is 3. The first-order chi connectivity index (χ1) is 8.91. The van der Waals surface area contributed by atoms with Gasteiger partial charge in [-0.05, 0) is 19.2 Å². The molecule has 2 heterocycles. The zero-order valence-electron chi connectivity index (χ0n) is 10.7. The second-order valence-corrected chi connectivity index (χ2v) is 4.72. The fourth-order valence-electron chi connectivity index (χ4n) is 2.26. The lowest BCUT2D eigenvalue weighted by Gasteiger charge is -2.40. The van der Waals surface area contributed by atoms with Gasteiger partial charge in [0, 0.05) is 26.2 Å². The highest BCUT2D eigenvalue weighted by molar-refractivity contribution is 5.42. The minimum Gasteiger partial charge on any atom is -0.350 e. The Morgan fingerprint density at radius 3 is 2.74 bits per heavy atom. The van der Waals surface area contributed by atoms with Gasteiger partial charge in [0.1, 0.15) is 11.5 Å². The summed E-state index contributed by atoms with van der Waals surface area (Å²) in [5.41, 5.74) is 4.84.